The van der Waals surface area contributed by atoms with Crippen molar-refractivity contribution >= 4 is 28.9 Å². The summed E-state index contributed by atoms with van der Waals surface area (Å²) in [7, 11) is 0. The standard InChI is InChI=1S/C12H15ClN2O/c13-10-7-9(5-6-11(10)14)15-12(16)8-3-1-2-4-8/h5-8H,1-4,14H2,(H,15,16). The van der Waals surface area contributed by atoms with Crippen LogP contribution in [0.1, 0.15) is 25.7 Å². The molecule has 0 bridgehead atoms. The van der Waals surface area contributed by atoms with Gasteiger partial charge in [0.25, 0.3) is 0 Å². The number of nitrogen functional groups attached to an aromatic ring is 1. The van der Waals surface area contributed by atoms with Gasteiger partial charge in [0.1, 0.15) is 0 Å². The second-order valence-corrected chi connectivity index (χ2v) is 4.61. The molecule has 86 valence electrons. The summed E-state index contributed by atoms with van der Waals surface area (Å²) in [5, 5.41) is 3.35. The average Bonchev–Trinajstić information content (AvgIpc) is 2.77. The lowest BCUT2D eigenvalue weighted by molar-refractivity contribution is -0.119. The molecule has 0 aliphatic heterocycles. The van der Waals surface area contributed by atoms with Gasteiger partial charge in [-0.05, 0) is 31.0 Å². The van der Waals surface area contributed by atoms with Crippen LogP contribution in [-0.4, -0.2) is 5.91 Å². The summed E-state index contributed by atoms with van der Waals surface area (Å²) in [5.41, 5.74) is 6.84. The third-order valence-electron chi connectivity index (χ3n) is 2.99. The summed E-state index contributed by atoms with van der Waals surface area (Å²) in [5.74, 6) is 0.259. The van der Waals surface area contributed by atoms with Gasteiger partial charge in [0.05, 0.1) is 10.7 Å². The fourth-order valence-electron chi connectivity index (χ4n) is 2.04. The molecule has 1 fully saturated rings. The highest BCUT2D eigenvalue weighted by Crippen LogP contribution is 2.27. The van der Waals surface area contributed by atoms with Crippen LogP contribution < -0.4 is 11.1 Å². The molecule has 16 heavy (non-hydrogen) atoms. The Bertz CT molecular complexity index is 400. The predicted octanol–water partition coefficient (Wildman–Crippen LogP) is 3.05. The monoisotopic (exact) mass is 238 g/mol. The van der Waals surface area contributed by atoms with Gasteiger partial charge in [-0.15, -0.1) is 0 Å². The Hall–Kier alpha value is -1.22. The summed E-state index contributed by atoms with van der Waals surface area (Å²) in [6.45, 7) is 0. The first-order valence-corrected chi connectivity index (χ1v) is 5.90. The molecular formula is C12H15ClN2O. The quantitative estimate of drug-likeness (QED) is 0.778. The number of hydrogen-bond acceptors (Lipinski definition) is 2. The Kier molecular flexibility index (Phi) is 3.34. The maximum atomic E-state index is 11.8. The molecule has 0 unspecified atom stereocenters. The summed E-state index contributed by atoms with van der Waals surface area (Å²) in [6.07, 6.45) is 4.30. The van der Waals surface area contributed by atoms with Gasteiger partial charge < -0.3 is 11.1 Å². The van der Waals surface area contributed by atoms with Crippen molar-refractivity contribution < 1.29 is 4.79 Å². The van der Waals surface area contributed by atoms with Gasteiger partial charge in [-0.2, -0.15) is 0 Å². The lowest BCUT2D eigenvalue weighted by Crippen LogP contribution is -2.20. The third-order valence-corrected chi connectivity index (χ3v) is 3.32. The summed E-state index contributed by atoms with van der Waals surface area (Å²) in [6, 6.07) is 5.16. The Labute approximate surface area is 100.0 Å². The number of carbonyl (C=O) groups is 1. The van der Waals surface area contributed by atoms with Gasteiger partial charge in [-0.1, -0.05) is 24.4 Å². The zero-order chi connectivity index (χ0) is 11.5. The van der Waals surface area contributed by atoms with Crippen LogP contribution in [0.5, 0.6) is 0 Å². The molecule has 1 amide bonds. The Morgan fingerprint density at radius 2 is 2.06 bits per heavy atom. The first-order valence-electron chi connectivity index (χ1n) is 5.52. The van der Waals surface area contributed by atoms with E-state index >= 15 is 0 Å². The highest BCUT2D eigenvalue weighted by Gasteiger charge is 2.22. The van der Waals surface area contributed by atoms with E-state index in [4.69, 9.17) is 17.3 Å². The van der Waals surface area contributed by atoms with E-state index < -0.39 is 0 Å². The molecule has 1 saturated carbocycles. The van der Waals surface area contributed by atoms with E-state index in [9.17, 15) is 4.79 Å². The topological polar surface area (TPSA) is 55.1 Å². The Balaban J connectivity index is 2.02. The molecule has 0 heterocycles. The number of anilines is 2. The van der Waals surface area contributed by atoms with Crippen molar-refractivity contribution in [3.8, 4) is 0 Å². The summed E-state index contributed by atoms with van der Waals surface area (Å²) < 4.78 is 0. The third kappa shape index (κ3) is 2.47. The molecule has 1 aromatic carbocycles. The minimum Gasteiger partial charge on any atom is -0.398 e. The second kappa shape index (κ2) is 4.74. The van der Waals surface area contributed by atoms with Gasteiger partial charge in [0.2, 0.25) is 5.91 Å². The van der Waals surface area contributed by atoms with Crippen LogP contribution in [0.2, 0.25) is 5.02 Å². The maximum Gasteiger partial charge on any atom is 0.227 e. The van der Waals surface area contributed by atoms with Crippen molar-refractivity contribution in [2.75, 3.05) is 11.1 Å². The van der Waals surface area contributed by atoms with Crippen LogP contribution in [0.15, 0.2) is 18.2 Å². The highest BCUT2D eigenvalue weighted by molar-refractivity contribution is 6.33. The van der Waals surface area contributed by atoms with E-state index in [0.717, 1.165) is 31.4 Å². The molecule has 1 aromatic rings. The molecule has 4 heteroatoms. The smallest absolute Gasteiger partial charge is 0.227 e. The molecular weight excluding hydrogens is 224 g/mol. The molecule has 1 aliphatic carbocycles. The average molecular weight is 239 g/mol. The van der Waals surface area contributed by atoms with Crippen LogP contribution in [0.4, 0.5) is 11.4 Å². The largest absolute Gasteiger partial charge is 0.398 e. The molecule has 1 aliphatic rings. The van der Waals surface area contributed by atoms with Crippen LogP contribution in [0.3, 0.4) is 0 Å². The number of benzene rings is 1. The molecule has 2 rings (SSSR count). The van der Waals surface area contributed by atoms with Crippen LogP contribution in [0.25, 0.3) is 0 Å². The van der Waals surface area contributed by atoms with E-state index in [1.165, 1.54) is 0 Å². The van der Waals surface area contributed by atoms with E-state index in [1.54, 1.807) is 18.2 Å². The summed E-state index contributed by atoms with van der Waals surface area (Å²) >= 11 is 5.88. The van der Waals surface area contributed by atoms with E-state index in [1.807, 2.05) is 0 Å². The number of carbonyl (C=O) groups excluding carboxylic acids is 1. The van der Waals surface area contributed by atoms with Crippen molar-refractivity contribution in [2.24, 2.45) is 5.92 Å². The van der Waals surface area contributed by atoms with Crippen LogP contribution >= 0.6 is 11.6 Å². The summed E-state index contributed by atoms with van der Waals surface area (Å²) in [4.78, 5) is 11.8. The molecule has 0 atom stereocenters. The van der Waals surface area contributed by atoms with E-state index in [-0.39, 0.29) is 11.8 Å². The van der Waals surface area contributed by atoms with Gasteiger partial charge in [0, 0.05) is 11.6 Å². The first-order chi connectivity index (χ1) is 7.66. The molecule has 3 N–H and O–H groups in total. The Morgan fingerprint density at radius 1 is 1.38 bits per heavy atom. The molecule has 0 aromatic heterocycles. The van der Waals surface area contributed by atoms with Crippen LogP contribution in [0, 0.1) is 5.92 Å². The van der Waals surface area contributed by atoms with Crippen molar-refractivity contribution in [1.82, 2.24) is 0 Å². The SMILES string of the molecule is Nc1ccc(NC(=O)C2CCCC2)cc1Cl. The molecule has 3 nitrogen and oxygen atoms in total. The minimum absolute atomic E-state index is 0.0957. The number of amides is 1. The van der Waals surface area contributed by atoms with E-state index in [2.05, 4.69) is 5.32 Å². The van der Waals surface area contributed by atoms with E-state index in [0.29, 0.717) is 10.7 Å². The fraction of sp³-hybridized carbons (Fsp3) is 0.417. The molecule has 0 radical (unpaired) electrons. The lowest BCUT2D eigenvalue weighted by atomic mass is 10.1. The van der Waals surface area contributed by atoms with Gasteiger partial charge in [-0.3, -0.25) is 4.79 Å². The number of nitrogens with two attached hydrogens (primary N) is 1. The number of halogens is 1. The number of rotatable bonds is 2. The van der Waals surface area contributed by atoms with Crippen molar-refractivity contribution in [3.05, 3.63) is 23.2 Å². The zero-order valence-corrected chi connectivity index (χ0v) is 9.76. The minimum atomic E-state index is 0.0957. The normalized spacial score (nSPS) is 16.3. The lowest BCUT2D eigenvalue weighted by Gasteiger charge is -2.10. The van der Waals surface area contributed by atoms with Gasteiger partial charge >= 0.3 is 0 Å². The molecule has 0 saturated heterocycles. The highest BCUT2D eigenvalue weighted by atomic mass is 35.5. The van der Waals surface area contributed by atoms with Gasteiger partial charge in [0.15, 0.2) is 0 Å². The van der Waals surface area contributed by atoms with Crippen LogP contribution in [-0.2, 0) is 4.79 Å². The fourth-order valence-corrected chi connectivity index (χ4v) is 2.22. The molecule has 0 spiro atoms. The van der Waals surface area contributed by atoms with Crippen molar-refractivity contribution in [3.63, 3.8) is 0 Å². The maximum absolute atomic E-state index is 11.8. The van der Waals surface area contributed by atoms with Crippen molar-refractivity contribution in [2.45, 2.75) is 25.7 Å². The first kappa shape index (κ1) is 11.3. The zero-order valence-electron chi connectivity index (χ0n) is 9.00. The number of hydrogen-bond donors (Lipinski definition) is 2. The number of nitrogens with one attached hydrogen (secondary N) is 1. The van der Waals surface area contributed by atoms with Crippen molar-refractivity contribution in [1.29, 1.82) is 0 Å². The van der Waals surface area contributed by atoms with Gasteiger partial charge in [-0.25, -0.2) is 0 Å². The Morgan fingerprint density at radius 3 is 2.69 bits per heavy atom. The second-order valence-electron chi connectivity index (χ2n) is 4.21. The predicted molar refractivity (Wildman–Crippen MR) is 66.5 cm³/mol.